The third-order valence-corrected chi connectivity index (χ3v) is 5.62. The molecule has 0 aliphatic carbocycles. The van der Waals surface area contributed by atoms with E-state index in [1.54, 1.807) is 0 Å². The summed E-state index contributed by atoms with van der Waals surface area (Å²) in [6.45, 7) is 5.47. The average Bonchev–Trinajstić information content (AvgIpc) is 2.67. The zero-order chi connectivity index (χ0) is 22.0. The Hall–Kier alpha value is -0.410. The second kappa shape index (κ2) is 20.5. The van der Waals surface area contributed by atoms with Crippen LogP contribution >= 0.6 is 0 Å². The molecule has 0 fully saturated rings. The van der Waals surface area contributed by atoms with Gasteiger partial charge in [0.15, 0.2) is 5.25 Å². The molecule has 0 aromatic rings. The van der Waals surface area contributed by atoms with Crippen molar-refractivity contribution in [3.8, 4) is 0 Å². The molecule has 0 rings (SSSR count). The molecule has 0 heterocycles. The second-order valence-electron chi connectivity index (χ2n) is 7.21. The van der Waals surface area contributed by atoms with E-state index in [9.17, 15) is 22.6 Å². The van der Waals surface area contributed by atoms with Crippen LogP contribution in [0.1, 0.15) is 90.4 Å². The standard InChI is InChI=1S/C21H38O7S.Na/c1-3-5-6-7-8-9-10-11-12-13-14-15-17-28-21(23)19(29(24,25)26)18-20(22)27-16-4-2;/h4,19H,2-3,5-18H2,1H3,(H,24,25,26);/q;+1/p-1. The molecule has 170 valence electrons. The Bertz CT molecular complexity index is 564. The van der Waals surface area contributed by atoms with Crippen LogP contribution in [0.5, 0.6) is 0 Å². The van der Waals surface area contributed by atoms with E-state index in [0.29, 0.717) is 6.42 Å². The Morgan fingerprint density at radius 1 is 0.900 bits per heavy atom. The van der Waals surface area contributed by atoms with Gasteiger partial charge in [-0.1, -0.05) is 90.2 Å². The SMILES string of the molecule is C=CCOC(=O)CC(C(=O)OCCCCCCCCCCCCCC)S(=O)(=O)[O-].[Na+]. The van der Waals surface area contributed by atoms with Crippen LogP contribution in [0.2, 0.25) is 0 Å². The summed E-state index contributed by atoms with van der Waals surface area (Å²) < 4.78 is 43.2. The van der Waals surface area contributed by atoms with Gasteiger partial charge < -0.3 is 14.0 Å². The molecule has 0 bridgehead atoms. The second-order valence-corrected chi connectivity index (χ2v) is 8.77. The molecular weight excluding hydrogens is 419 g/mol. The summed E-state index contributed by atoms with van der Waals surface area (Å²) >= 11 is 0. The van der Waals surface area contributed by atoms with Crippen molar-refractivity contribution in [2.45, 2.75) is 95.6 Å². The molecule has 0 aromatic carbocycles. The van der Waals surface area contributed by atoms with Gasteiger partial charge in [-0.15, -0.1) is 0 Å². The number of hydrogen-bond acceptors (Lipinski definition) is 7. The molecule has 0 saturated heterocycles. The van der Waals surface area contributed by atoms with Gasteiger partial charge in [0.1, 0.15) is 16.7 Å². The van der Waals surface area contributed by atoms with Gasteiger partial charge in [-0.3, -0.25) is 9.59 Å². The Kier molecular flexibility index (Phi) is 21.7. The number of carbonyl (C=O) groups is 2. The third kappa shape index (κ3) is 18.4. The Balaban J connectivity index is 0. The predicted molar refractivity (Wildman–Crippen MR) is 111 cm³/mol. The maximum absolute atomic E-state index is 11.9. The predicted octanol–water partition coefficient (Wildman–Crippen LogP) is 1.27. The van der Waals surface area contributed by atoms with E-state index < -0.39 is 33.7 Å². The van der Waals surface area contributed by atoms with Gasteiger partial charge >= 0.3 is 41.5 Å². The first kappa shape index (κ1) is 31.8. The number of ether oxygens (including phenoxy) is 2. The molecule has 1 unspecified atom stereocenters. The number of hydrogen-bond donors (Lipinski definition) is 0. The molecule has 0 amide bonds. The Labute approximate surface area is 204 Å². The topological polar surface area (TPSA) is 110 Å². The molecule has 9 heteroatoms. The first-order chi connectivity index (χ1) is 13.8. The minimum Gasteiger partial charge on any atom is -0.747 e. The Morgan fingerprint density at radius 3 is 1.80 bits per heavy atom. The number of esters is 2. The van der Waals surface area contributed by atoms with Gasteiger partial charge in [0, 0.05) is 0 Å². The fourth-order valence-corrected chi connectivity index (χ4v) is 3.52. The fraction of sp³-hybridized carbons (Fsp3) is 0.810. The van der Waals surface area contributed by atoms with Gasteiger partial charge in [0.2, 0.25) is 0 Å². The van der Waals surface area contributed by atoms with Crippen molar-refractivity contribution in [3.63, 3.8) is 0 Å². The summed E-state index contributed by atoms with van der Waals surface area (Å²) in [4.78, 5) is 23.3. The van der Waals surface area contributed by atoms with Crippen LogP contribution in [-0.4, -0.2) is 43.4 Å². The number of carbonyl (C=O) groups excluding carboxylic acids is 2. The molecule has 0 radical (unpaired) electrons. The van der Waals surface area contributed by atoms with Gasteiger partial charge in [0.05, 0.1) is 13.0 Å². The number of rotatable bonds is 19. The van der Waals surface area contributed by atoms with Crippen LogP contribution in [-0.2, 0) is 29.2 Å². The molecule has 7 nitrogen and oxygen atoms in total. The van der Waals surface area contributed by atoms with Crippen LogP contribution in [0.25, 0.3) is 0 Å². The van der Waals surface area contributed by atoms with E-state index in [2.05, 4.69) is 18.2 Å². The third-order valence-electron chi connectivity index (χ3n) is 4.57. The van der Waals surface area contributed by atoms with Gasteiger partial charge in [-0.2, -0.15) is 0 Å². The van der Waals surface area contributed by atoms with Crippen molar-refractivity contribution in [1.29, 1.82) is 0 Å². The minimum atomic E-state index is -5.00. The average molecular weight is 457 g/mol. The van der Waals surface area contributed by atoms with E-state index in [-0.39, 0.29) is 42.8 Å². The molecule has 0 aromatic heterocycles. The molecule has 0 aliphatic rings. The first-order valence-electron chi connectivity index (χ1n) is 10.7. The smallest absolute Gasteiger partial charge is 0.747 e. The van der Waals surface area contributed by atoms with Crippen LogP contribution in [0.15, 0.2) is 12.7 Å². The zero-order valence-electron chi connectivity index (χ0n) is 18.7. The van der Waals surface area contributed by atoms with Crippen molar-refractivity contribution in [2.75, 3.05) is 13.2 Å². The normalized spacial score (nSPS) is 11.9. The summed E-state index contributed by atoms with van der Waals surface area (Å²) in [6, 6.07) is 0. The number of unbranched alkanes of at least 4 members (excludes halogenated alkanes) is 11. The van der Waals surface area contributed by atoms with Crippen LogP contribution < -0.4 is 29.6 Å². The summed E-state index contributed by atoms with van der Waals surface area (Å²) in [5.74, 6) is -2.16. The van der Waals surface area contributed by atoms with E-state index in [1.165, 1.54) is 57.4 Å². The van der Waals surface area contributed by atoms with Crippen molar-refractivity contribution < 1.29 is 61.6 Å². The quantitative estimate of drug-likeness (QED) is 0.0946. The summed E-state index contributed by atoms with van der Waals surface area (Å²) in [7, 11) is -5.00. The van der Waals surface area contributed by atoms with Gasteiger partial charge in [0.25, 0.3) is 0 Å². The molecule has 0 aliphatic heterocycles. The molecular formula is C21H37NaO7S. The zero-order valence-corrected chi connectivity index (χ0v) is 21.6. The van der Waals surface area contributed by atoms with Gasteiger partial charge in [-0.05, 0) is 6.42 Å². The molecule has 0 N–H and O–H groups in total. The maximum Gasteiger partial charge on any atom is 1.00 e. The molecule has 0 saturated carbocycles. The Morgan fingerprint density at radius 2 is 1.37 bits per heavy atom. The monoisotopic (exact) mass is 456 g/mol. The largest absolute Gasteiger partial charge is 1.00 e. The van der Waals surface area contributed by atoms with Crippen molar-refractivity contribution in [1.82, 2.24) is 0 Å². The van der Waals surface area contributed by atoms with Crippen LogP contribution in [0.4, 0.5) is 0 Å². The minimum absolute atomic E-state index is 0. The van der Waals surface area contributed by atoms with Crippen LogP contribution in [0.3, 0.4) is 0 Å². The van der Waals surface area contributed by atoms with Crippen molar-refractivity contribution in [2.24, 2.45) is 0 Å². The van der Waals surface area contributed by atoms with E-state index in [4.69, 9.17) is 4.74 Å². The molecule has 0 spiro atoms. The molecule has 30 heavy (non-hydrogen) atoms. The summed E-state index contributed by atoms with van der Waals surface area (Å²) in [5.41, 5.74) is 0. The van der Waals surface area contributed by atoms with Gasteiger partial charge in [-0.25, -0.2) is 8.42 Å². The van der Waals surface area contributed by atoms with Crippen molar-refractivity contribution in [3.05, 3.63) is 12.7 Å². The van der Waals surface area contributed by atoms with Crippen molar-refractivity contribution >= 4 is 22.1 Å². The van der Waals surface area contributed by atoms with E-state index in [0.717, 1.165) is 19.3 Å². The summed E-state index contributed by atoms with van der Waals surface area (Å²) in [5, 5.41) is -2.07. The van der Waals surface area contributed by atoms with E-state index in [1.807, 2.05) is 0 Å². The van der Waals surface area contributed by atoms with Crippen LogP contribution in [0, 0.1) is 0 Å². The first-order valence-corrected chi connectivity index (χ1v) is 12.2. The summed E-state index contributed by atoms with van der Waals surface area (Å²) in [6.07, 6.45) is 14.3. The fourth-order valence-electron chi connectivity index (χ4n) is 2.87. The molecule has 1 atom stereocenters. The maximum atomic E-state index is 11.9. The van der Waals surface area contributed by atoms with E-state index >= 15 is 0 Å².